The zero-order valence-corrected chi connectivity index (χ0v) is 19.2. The van der Waals surface area contributed by atoms with Crippen LogP contribution >= 0.6 is 11.8 Å². The van der Waals surface area contributed by atoms with Crippen LogP contribution in [0.4, 0.5) is 0 Å². The van der Waals surface area contributed by atoms with Crippen LogP contribution in [0.1, 0.15) is 27.9 Å². The Morgan fingerprint density at radius 1 is 1.03 bits per heavy atom. The molecule has 0 unspecified atom stereocenters. The smallest absolute Gasteiger partial charge is 0.227 e. The maximum Gasteiger partial charge on any atom is 0.227 e. The molecule has 1 N–H and O–H groups in total. The fraction of sp³-hybridized carbons (Fsp3) is 0.192. The zero-order valence-electron chi connectivity index (χ0n) is 18.4. The number of aliphatic hydroxyl groups is 1. The average molecular weight is 458 g/mol. The molecule has 3 heterocycles. The van der Waals surface area contributed by atoms with Crippen molar-refractivity contribution in [2.24, 2.45) is 0 Å². The second-order valence-electron chi connectivity index (χ2n) is 7.75. The summed E-state index contributed by atoms with van der Waals surface area (Å²) < 4.78 is 11.6. The van der Waals surface area contributed by atoms with Gasteiger partial charge in [0.1, 0.15) is 10.8 Å². The quantitative estimate of drug-likeness (QED) is 0.272. The van der Waals surface area contributed by atoms with Gasteiger partial charge in [-0.2, -0.15) is 4.98 Å². The first-order chi connectivity index (χ1) is 16.2. The summed E-state index contributed by atoms with van der Waals surface area (Å²) >= 11 is 1.66. The SMILES string of the molecule is COc1ccc(-c2nc3c(c(SCc4ccccc4)n2)Cc2c(CO)cnc(C)c2O3)cc1. The molecule has 1 aliphatic heterocycles. The van der Waals surface area contributed by atoms with Gasteiger partial charge in [0.2, 0.25) is 5.88 Å². The summed E-state index contributed by atoms with van der Waals surface area (Å²) in [5, 5.41) is 10.7. The second kappa shape index (κ2) is 9.21. The largest absolute Gasteiger partial charge is 0.497 e. The molecular formula is C26H23N3O3S. The van der Waals surface area contributed by atoms with E-state index in [0.717, 1.165) is 44.5 Å². The molecule has 33 heavy (non-hydrogen) atoms. The summed E-state index contributed by atoms with van der Waals surface area (Å²) in [4.78, 5) is 14.1. The highest BCUT2D eigenvalue weighted by Crippen LogP contribution is 2.43. The Morgan fingerprint density at radius 2 is 1.82 bits per heavy atom. The third-order valence-electron chi connectivity index (χ3n) is 5.62. The Morgan fingerprint density at radius 3 is 2.55 bits per heavy atom. The molecule has 166 valence electrons. The van der Waals surface area contributed by atoms with Crippen molar-refractivity contribution in [1.82, 2.24) is 15.0 Å². The Hall–Kier alpha value is -3.42. The highest BCUT2D eigenvalue weighted by Gasteiger charge is 2.27. The van der Waals surface area contributed by atoms with Crippen LogP contribution in [0.2, 0.25) is 0 Å². The van der Waals surface area contributed by atoms with Crippen LogP contribution in [-0.2, 0) is 18.8 Å². The van der Waals surface area contributed by atoms with Gasteiger partial charge in [0.05, 0.1) is 25.0 Å². The summed E-state index contributed by atoms with van der Waals surface area (Å²) in [6.07, 6.45) is 2.30. The molecule has 6 nitrogen and oxygen atoms in total. The van der Waals surface area contributed by atoms with Gasteiger partial charge in [-0.15, -0.1) is 11.8 Å². The molecule has 0 saturated heterocycles. The number of ether oxygens (including phenoxy) is 2. The van der Waals surface area contributed by atoms with Crippen LogP contribution < -0.4 is 9.47 Å². The average Bonchev–Trinajstić information content (AvgIpc) is 2.87. The maximum absolute atomic E-state index is 9.85. The normalized spacial score (nSPS) is 12.0. The first kappa shape index (κ1) is 21.4. The Balaban J connectivity index is 1.58. The summed E-state index contributed by atoms with van der Waals surface area (Å²) in [6.45, 7) is 1.81. The van der Waals surface area contributed by atoms with Gasteiger partial charge in [0.25, 0.3) is 0 Å². The summed E-state index contributed by atoms with van der Waals surface area (Å²) in [6, 6.07) is 18.0. The van der Waals surface area contributed by atoms with E-state index in [1.165, 1.54) is 5.56 Å². The molecule has 0 radical (unpaired) electrons. The Labute approximate surface area is 196 Å². The molecule has 5 rings (SSSR count). The molecule has 2 aromatic carbocycles. The zero-order chi connectivity index (χ0) is 22.8. The second-order valence-corrected chi connectivity index (χ2v) is 8.72. The lowest BCUT2D eigenvalue weighted by Crippen LogP contribution is -2.13. The van der Waals surface area contributed by atoms with E-state index in [-0.39, 0.29) is 6.61 Å². The summed E-state index contributed by atoms with van der Waals surface area (Å²) in [5.41, 5.74) is 5.51. The number of aryl methyl sites for hydroxylation is 1. The fourth-order valence-electron chi connectivity index (χ4n) is 3.81. The van der Waals surface area contributed by atoms with Crippen molar-refractivity contribution in [3.8, 4) is 28.8 Å². The first-order valence-corrected chi connectivity index (χ1v) is 11.6. The van der Waals surface area contributed by atoms with Crippen LogP contribution in [0, 0.1) is 6.92 Å². The molecule has 1 aliphatic rings. The number of aliphatic hydroxyl groups excluding tert-OH is 1. The molecule has 0 fully saturated rings. The van der Waals surface area contributed by atoms with Crippen LogP contribution in [0.5, 0.6) is 17.4 Å². The Kier molecular flexibility index (Phi) is 5.98. The highest BCUT2D eigenvalue weighted by atomic mass is 32.2. The predicted octanol–water partition coefficient (Wildman–Crippen LogP) is 5.34. The summed E-state index contributed by atoms with van der Waals surface area (Å²) in [5.74, 6) is 3.37. The monoisotopic (exact) mass is 457 g/mol. The van der Waals surface area contributed by atoms with Crippen molar-refractivity contribution in [1.29, 1.82) is 0 Å². The van der Waals surface area contributed by atoms with Crippen molar-refractivity contribution < 1.29 is 14.6 Å². The number of hydrogen-bond acceptors (Lipinski definition) is 7. The third-order valence-corrected chi connectivity index (χ3v) is 6.71. The third kappa shape index (κ3) is 4.29. The number of hydrogen-bond donors (Lipinski definition) is 1. The molecule has 4 aromatic rings. The van der Waals surface area contributed by atoms with Gasteiger partial charge in [-0.1, -0.05) is 30.3 Å². The molecule has 0 atom stereocenters. The van der Waals surface area contributed by atoms with E-state index in [1.807, 2.05) is 49.4 Å². The number of nitrogens with zero attached hydrogens (tertiary/aromatic N) is 3. The van der Waals surface area contributed by atoms with Crippen LogP contribution in [-0.4, -0.2) is 27.2 Å². The van der Waals surface area contributed by atoms with Gasteiger partial charge in [-0.3, -0.25) is 4.98 Å². The lowest BCUT2D eigenvalue weighted by molar-refractivity contribution is 0.278. The topological polar surface area (TPSA) is 77.4 Å². The van der Waals surface area contributed by atoms with Crippen molar-refractivity contribution >= 4 is 11.8 Å². The molecule has 0 saturated carbocycles. The van der Waals surface area contributed by atoms with Crippen LogP contribution in [0.25, 0.3) is 11.4 Å². The standard InChI is InChI=1S/C26H23N3O3S/c1-16-23-21(19(14-30)13-27-16)12-22-25(32-23)28-24(18-8-10-20(31-2)11-9-18)29-26(22)33-15-17-6-4-3-5-7-17/h3-11,13,30H,12,14-15H2,1-2H3. The number of fused-ring (bicyclic) bond motifs is 2. The summed E-state index contributed by atoms with van der Waals surface area (Å²) in [7, 11) is 1.64. The molecule has 0 amide bonds. The van der Waals surface area contributed by atoms with Gasteiger partial charge in [0, 0.05) is 35.1 Å². The predicted molar refractivity (Wildman–Crippen MR) is 128 cm³/mol. The van der Waals surface area contributed by atoms with Crippen LogP contribution in [0.15, 0.2) is 65.8 Å². The van der Waals surface area contributed by atoms with E-state index in [9.17, 15) is 5.11 Å². The minimum absolute atomic E-state index is 0.0917. The number of thioether (sulfide) groups is 1. The number of rotatable bonds is 6. The van der Waals surface area contributed by atoms with Gasteiger partial charge < -0.3 is 14.6 Å². The van der Waals surface area contributed by atoms with E-state index in [4.69, 9.17) is 19.4 Å². The van der Waals surface area contributed by atoms with E-state index < -0.39 is 0 Å². The number of benzene rings is 2. The van der Waals surface area contributed by atoms with E-state index in [2.05, 4.69) is 17.1 Å². The van der Waals surface area contributed by atoms with Gasteiger partial charge in [0.15, 0.2) is 11.6 Å². The van der Waals surface area contributed by atoms with Crippen LogP contribution in [0.3, 0.4) is 0 Å². The van der Waals surface area contributed by atoms with Gasteiger partial charge in [-0.05, 0) is 36.8 Å². The van der Waals surface area contributed by atoms with Crippen molar-refractivity contribution in [2.45, 2.75) is 30.7 Å². The van der Waals surface area contributed by atoms with Crippen molar-refractivity contribution in [3.05, 3.63) is 88.7 Å². The molecule has 2 aromatic heterocycles. The minimum Gasteiger partial charge on any atom is -0.497 e. The molecular weight excluding hydrogens is 434 g/mol. The van der Waals surface area contributed by atoms with Crippen molar-refractivity contribution in [2.75, 3.05) is 7.11 Å². The lowest BCUT2D eigenvalue weighted by atomic mass is 9.99. The highest BCUT2D eigenvalue weighted by molar-refractivity contribution is 7.98. The Bertz CT molecular complexity index is 1290. The van der Waals surface area contributed by atoms with Crippen molar-refractivity contribution in [3.63, 3.8) is 0 Å². The molecule has 7 heteroatoms. The fourth-order valence-corrected chi connectivity index (χ4v) is 4.79. The maximum atomic E-state index is 9.85. The molecule has 0 aliphatic carbocycles. The van der Waals surface area contributed by atoms with Gasteiger partial charge in [-0.25, -0.2) is 4.98 Å². The molecule has 0 spiro atoms. The lowest BCUT2D eigenvalue weighted by Gasteiger charge is -2.24. The molecule has 0 bridgehead atoms. The van der Waals surface area contributed by atoms with E-state index in [1.54, 1.807) is 25.1 Å². The van der Waals surface area contributed by atoms with Gasteiger partial charge >= 0.3 is 0 Å². The van der Waals surface area contributed by atoms with E-state index >= 15 is 0 Å². The van der Waals surface area contributed by atoms with E-state index in [0.29, 0.717) is 23.9 Å². The number of methoxy groups -OCH3 is 1. The minimum atomic E-state index is -0.0917. The number of aromatic nitrogens is 3. The first-order valence-electron chi connectivity index (χ1n) is 10.6. The number of pyridine rings is 1.